The molecule has 12 heteroatoms. The van der Waals surface area contributed by atoms with Gasteiger partial charge in [-0.25, -0.2) is 0 Å². The van der Waals surface area contributed by atoms with Gasteiger partial charge in [-0.2, -0.15) is 0 Å². The number of primary amides is 1. The Bertz CT molecular complexity index is 1160. The quantitative estimate of drug-likeness (QED) is 0.394. The standard InChI is InChI=1S/C19H15ClN4O7/c1-29-17-6-10(19(26)22-9-12-8-13(18(21)25)23-31-12)2-4-16(17)30-15-5-3-11(20)7-14(15)24(27)28/h2-8H,9H2,1H3,(H2,21,25)(H,22,26). The summed E-state index contributed by atoms with van der Waals surface area (Å²) in [5.74, 6) is -0.690. The predicted molar refractivity (Wildman–Crippen MR) is 107 cm³/mol. The van der Waals surface area contributed by atoms with Crippen LogP contribution < -0.4 is 20.5 Å². The highest BCUT2D eigenvalue weighted by Gasteiger charge is 2.19. The van der Waals surface area contributed by atoms with E-state index in [4.69, 9.17) is 31.3 Å². The molecule has 3 rings (SSSR count). The van der Waals surface area contributed by atoms with E-state index in [0.29, 0.717) is 0 Å². The summed E-state index contributed by atoms with van der Waals surface area (Å²) in [6.07, 6.45) is 0. The van der Waals surface area contributed by atoms with E-state index in [2.05, 4.69) is 10.5 Å². The lowest BCUT2D eigenvalue weighted by Crippen LogP contribution is -2.22. The van der Waals surface area contributed by atoms with Gasteiger partial charge in [0.2, 0.25) is 5.75 Å². The predicted octanol–water partition coefficient (Wildman–Crippen LogP) is 3.07. The molecule has 0 unspecified atom stereocenters. The number of nitrogens with zero attached hydrogens (tertiary/aromatic N) is 2. The number of nitrogens with one attached hydrogen (secondary N) is 1. The molecule has 0 bridgehead atoms. The van der Waals surface area contributed by atoms with Crippen LogP contribution in [0.2, 0.25) is 5.02 Å². The van der Waals surface area contributed by atoms with Crippen LogP contribution in [0.3, 0.4) is 0 Å². The maximum Gasteiger partial charge on any atom is 0.313 e. The molecule has 0 aliphatic rings. The molecule has 2 aromatic carbocycles. The van der Waals surface area contributed by atoms with Crippen molar-refractivity contribution in [1.29, 1.82) is 0 Å². The zero-order valence-electron chi connectivity index (χ0n) is 16.0. The van der Waals surface area contributed by atoms with Crippen LogP contribution in [0.15, 0.2) is 47.0 Å². The highest BCUT2D eigenvalue weighted by molar-refractivity contribution is 6.30. The minimum Gasteiger partial charge on any atom is -0.493 e. The average molecular weight is 447 g/mol. The van der Waals surface area contributed by atoms with E-state index in [1.54, 1.807) is 0 Å². The first-order valence-corrected chi connectivity index (χ1v) is 8.99. The Morgan fingerprint density at radius 3 is 2.58 bits per heavy atom. The Balaban J connectivity index is 1.75. The molecule has 0 aliphatic carbocycles. The minimum atomic E-state index is -0.748. The number of aromatic nitrogens is 1. The number of amides is 2. The van der Waals surface area contributed by atoms with E-state index in [-0.39, 0.29) is 51.5 Å². The van der Waals surface area contributed by atoms with Gasteiger partial charge in [0.05, 0.1) is 18.6 Å². The fraction of sp³-hybridized carbons (Fsp3) is 0.105. The number of carbonyl (C=O) groups excluding carboxylic acids is 2. The van der Waals surface area contributed by atoms with Crippen LogP contribution in [0.25, 0.3) is 0 Å². The third-order valence-corrected chi connectivity index (χ3v) is 4.23. The van der Waals surface area contributed by atoms with Gasteiger partial charge in [-0.1, -0.05) is 16.8 Å². The molecule has 0 atom stereocenters. The van der Waals surface area contributed by atoms with Crippen LogP contribution in [0, 0.1) is 10.1 Å². The van der Waals surface area contributed by atoms with Crippen molar-refractivity contribution in [3.05, 3.63) is 74.6 Å². The van der Waals surface area contributed by atoms with Crippen molar-refractivity contribution in [2.45, 2.75) is 6.54 Å². The van der Waals surface area contributed by atoms with Crippen molar-refractivity contribution in [2.24, 2.45) is 5.73 Å². The number of hydrogen-bond donors (Lipinski definition) is 2. The second kappa shape index (κ2) is 9.13. The van der Waals surface area contributed by atoms with Gasteiger partial charge >= 0.3 is 5.69 Å². The molecule has 0 radical (unpaired) electrons. The lowest BCUT2D eigenvalue weighted by molar-refractivity contribution is -0.385. The van der Waals surface area contributed by atoms with Crippen molar-refractivity contribution in [3.63, 3.8) is 0 Å². The molecule has 1 heterocycles. The number of nitrogens with two attached hydrogens (primary N) is 1. The smallest absolute Gasteiger partial charge is 0.313 e. The van der Waals surface area contributed by atoms with Crippen LogP contribution in [-0.2, 0) is 6.54 Å². The van der Waals surface area contributed by atoms with Gasteiger partial charge in [-0.15, -0.1) is 0 Å². The van der Waals surface area contributed by atoms with E-state index < -0.39 is 16.7 Å². The zero-order valence-corrected chi connectivity index (χ0v) is 16.7. The number of methoxy groups -OCH3 is 1. The summed E-state index contributed by atoms with van der Waals surface area (Å²) in [6.45, 7) is -0.0311. The first-order chi connectivity index (χ1) is 14.8. The van der Waals surface area contributed by atoms with Crippen molar-refractivity contribution < 1.29 is 28.5 Å². The first kappa shape index (κ1) is 21.6. The monoisotopic (exact) mass is 446 g/mol. The third kappa shape index (κ3) is 5.08. The van der Waals surface area contributed by atoms with Crippen molar-refractivity contribution in [3.8, 4) is 17.2 Å². The van der Waals surface area contributed by atoms with Crippen molar-refractivity contribution in [1.82, 2.24) is 10.5 Å². The average Bonchev–Trinajstić information content (AvgIpc) is 3.22. The maximum atomic E-state index is 12.4. The summed E-state index contributed by atoms with van der Waals surface area (Å²) >= 11 is 5.81. The summed E-state index contributed by atoms with van der Waals surface area (Å²) < 4.78 is 15.8. The number of ether oxygens (including phenoxy) is 2. The fourth-order valence-electron chi connectivity index (χ4n) is 2.51. The van der Waals surface area contributed by atoms with Crippen molar-refractivity contribution in [2.75, 3.05) is 7.11 Å². The van der Waals surface area contributed by atoms with Gasteiger partial charge in [0.1, 0.15) is 0 Å². The Labute approximate surface area is 179 Å². The Hall–Kier alpha value is -4.12. The first-order valence-electron chi connectivity index (χ1n) is 8.62. The van der Waals surface area contributed by atoms with Gasteiger partial charge in [0.15, 0.2) is 23.0 Å². The summed E-state index contributed by atoms with van der Waals surface area (Å²) in [5.41, 5.74) is 4.94. The second-order valence-electron chi connectivity index (χ2n) is 6.06. The van der Waals surface area contributed by atoms with Gasteiger partial charge in [-0.05, 0) is 30.3 Å². The van der Waals surface area contributed by atoms with Crippen LogP contribution in [0.1, 0.15) is 26.6 Å². The van der Waals surface area contributed by atoms with Gasteiger partial charge in [0, 0.05) is 22.7 Å². The van der Waals surface area contributed by atoms with Crippen LogP contribution >= 0.6 is 11.6 Å². The number of halogens is 1. The Morgan fingerprint density at radius 1 is 1.19 bits per heavy atom. The molecule has 3 N–H and O–H groups in total. The lowest BCUT2D eigenvalue weighted by atomic mass is 10.2. The summed E-state index contributed by atoms with van der Waals surface area (Å²) in [4.78, 5) is 34.0. The van der Waals surface area contributed by atoms with E-state index in [1.165, 1.54) is 43.5 Å². The number of rotatable bonds is 8. The molecule has 11 nitrogen and oxygen atoms in total. The molecule has 160 valence electrons. The number of nitro groups is 1. The topological polar surface area (TPSA) is 160 Å². The van der Waals surface area contributed by atoms with Crippen molar-refractivity contribution >= 4 is 29.1 Å². The van der Waals surface area contributed by atoms with E-state index in [0.717, 1.165) is 6.07 Å². The number of nitro benzene ring substituents is 1. The van der Waals surface area contributed by atoms with E-state index in [9.17, 15) is 19.7 Å². The minimum absolute atomic E-state index is 0.0311. The van der Waals surface area contributed by atoms with E-state index in [1.807, 2.05) is 0 Å². The molecular weight excluding hydrogens is 432 g/mol. The molecule has 3 aromatic rings. The number of benzene rings is 2. The highest BCUT2D eigenvalue weighted by Crippen LogP contribution is 2.37. The molecule has 0 saturated carbocycles. The van der Waals surface area contributed by atoms with Gasteiger partial charge in [0.25, 0.3) is 11.8 Å². The Morgan fingerprint density at radius 2 is 1.94 bits per heavy atom. The molecule has 0 saturated heterocycles. The van der Waals surface area contributed by atoms with Gasteiger partial charge in [-0.3, -0.25) is 19.7 Å². The lowest BCUT2D eigenvalue weighted by Gasteiger charge is -2.12. The summed E-state index contributed by atoms with van der Waals surface area (Å²) in [5, 5.41) is 17.5. The van der Waals surface area contributed by atoms with Crippen LogP contribution in [0.4, 0.5) is 5.69 Å². The largest absolute Gasteiger partial charge is 0.493 e. The molecular formula is C19H15ClN4O7. The number of hydrogen-bond acceptors (Lipinski definition) is 8. The normalized spacial score (nSPS) is 10.4. The molecule has 2 amide bonds. The fourth-order valence-corrected chi connectivity index (χ4v) is 2.68. The molecule has 0 fully saturated rings. The number of carbonyl (C=O) groups is 2. The van der Waals surface area contributed by atoms with Crippen LogP contribution in [0.5, 0.6) is 17.2 Å². The van der Waals surface area contributed by atoms with Gasteiger partial charge < -0.3 is 25.0 Å². The summed E-state index contributed by atoms with van der Waals surface area (Å²) in [6, 6.07) is 9.58. The molecule has 0 aliphatic heterocycles. The maximum absolute atomic E-state index is 12.4. The summed E-state index contributed by atoms with van der Waals surface area (Å²) in [7, 11) is 1.36. The van der Waals surface area contributed by atoms with Crippen LogP contribution in [-0.4, -0.2) is 29.0 Å². The van der Waals surface area contributed by atoms with E-state index >= 15 is 0 Å². The zero-order chi connectivity index (χ0) is 22.5. The third-order valence-electron chi connectivity index (χ3n) is 4.00. The SMILES string of the molecule is COc1cc(C(=O)NCc2cc(C(N)=O)no2)ccc1Oc1ccc(Cl)cc1[N+](=O)[O-]. The second-order valence-corrected chi connectivity index (χ2v) is 6.50. The highest BCUT2D eigenvalue weighted by atomic mass is 35.5. The molecule has 31 heavy (non-hydrogen) atoms. The Kier molecular flexibility index (Phi) is 6.36. The molecule has 0 spiro atoms. The molecule has 1 aromatic heterocycles.